The van der Waals surface area contributed by atoms with E-state index in [-0.39, 0.29) is 48.0 Å². The van der Waals surface area contributed by atoms with E-state index in [2.05, 4.69) is 20.6 Å². The average Bonchev–Trinajstić information content (AvgIpc) is 3.32. The third-order valence-corrected chi connectivity index (χ3v) is 7.84. The third-order valence-electron chi connectivity index (χ3n) is 7.84. The minimum Gasteiger partial charge on any atom is -0.384 e. The molecule has 12 heteroatoms. The molecule has 2 aliphatic rings. The number of nitrogens with one attached hydrogen (secondary N) is 2. The molecule has 2 N–H and O–H groups in total. The van der Waals surface area contributed by atoms with Gasteiger partial charge in [-0.1, -0.05) is 52.7 Å². The number of morpholine rings is 1. The number of hydrogen-bond acceptors (Lipinski definition) is 8. The number of amides is 2. The number of Topliss-reactive ketones (excluding diaryl/α,β-unsaturated/α-hetero) is 1. The average molecular weight is 620 g/mol. The highest BCUT2D eigenvalue weighted by molar-refractivity contribution is 5.99. The maximum atomic E-state index is 13.6. The van der Waals surface area contributed by atoms with Crippen LogP contribution in [0.5, 0.6) is 0 Å². The molecule has 1 aliphatic carbocycles. The number of rotatable bonds is 12. The van der Waals surface area contributed by atoms with Crippen molar-refractivity contribution in [3.63, 3.8) is 0 Å². The predicted octanol–water partition coefficient (Wildman–Crippen LogP) is 3.45. The Morgan fingerprint density at radius 2 is 1.67 bits per heavy atom. The van der Waals surface area contributed by atoms with Gasteiger partial charge in [0.25, 0.3) is 11.8 Å². The molecule has 2 amide bonds. The minimum absolute atomic E-state index is 0. The molecule has 3 atom stereocenters. The van der Waals surface area contributed by atoms with Gasteiger partial charge in [-0.15, -0.1) is 17.5 Å². The smallest absolute Gasteiger partial charge is 0.384 e. The Hall–Kier alpha value is -3.02. The van der Waals surface area contributed by atoms with Crippen molar-refractivity contribution in [2.24, 2.45) is 17.8 Å². The molecule has 238 valence electrons. The number of benzene rings is 1. The van der Waals surface area contributed by atoms with Gasteiger partial charge in [0.15, 0.2) is 0 Å². The van der Waals surface area contributed by atoms with Crippen LogP contribution in [0, 0.1) is 17.8 Å². The second-order valence-electron chi connectivity index (χ2n) is 12.4. The molecule has 0 radical (unpaired) electrons. The first-order valence-electron chi connectivity index (χ1n) is 15.2. The molecule has 2 heterocycles. The van der Waals surface area contributed by atoms with E-state index in [1.54, 1.807) is 0 Å². The van der Waals surface area contributed by atoms with Crippen molar-refractivity contribution in [2.75, 3.05) is 26.3 Å². The summed E-state index contributed by atoms with van der Waals surface area (Å²) in [6.45, 7) is 12.2. The lowest BCUT2D eigenvalue weighted by atomic mass is 9.83. The van der Waals surface area contributed by atoms with E-state index in [9.17, 15) is 19.2 Å². The molecule has 1 saturated carbocycles. The number of ketones is 1. The zero-order chi connectivity index (χ0) is 30.2. The molecule has 2 fully saturated rings. The summed E-state index contributed by atoms with van der Waals surface area (Å²) in [6, 6.07) is 6.35. The normalized spacial score (nSPS) is 20.0. The molecular weight excluding hydrogens is 574 g/mol. The van der Waals surface area contributed by atoms with Crippen molar-refractivity contribution in [2.45, 2.75) is 85.0 Å². The Morgan fingerprint density at radius 1 is 1.00 bits per heavy atom. The van der Waals surface area contributed by atoms with E-state index in [1.807, 2.05) is 52.0 Å². The van der Waals surface area contributed by atoms with Crippen LogP contribution in [0.15, 0.2) is 33.5 Å². The topological polar surface area (TPSA) is 136 Å². The summed E-state index contributed by atoms with van der Waals surface area (Å²) < 4.78 is 11.7. The Kier molecular flexibility index (Phi) is 13.0. The van der Waals surface area contributed by atoms with Crippen LogP contribution in [0.1, 0.15) is 86.4 Å². The highest BCUT2D eigenvalue weighted by Gasteiger charge is 2.36. The first kappa shape index (κ1) is 34.5. The fraction of sp³-hybridized carbons (Fsp3) is 0.645. The van der Waals surface area contributed by atoms with Crippen molar-refractivity contribution < 1.29 is 23.5 Å². The Morgan fingerprint density at radius 3 is 2.33 bits per heavy atom. The van der Waals surface area contributed by atoms with E-state index >= 15 is 0 Å². The molecule has 1 aliphatic heterocycles. The lowest BCUT2D eigenvalue weighted by Crippen LogP contribution is -2.52. The van der Waals surface area contributed by atoms with Crippen LogP contribution in [-0.4, -0.2) is 70.7 Å². The van der Waals surface area contributed by atoms with Gasteiger partial charge in [-0.05, 0) is 48.8 Å². The van der Waals surface area contributed by atoms with E-state index < -0.39 is 23.5 Å². The second kappa shape index (κ2) is 16.2. The molecule has 1 aromatic carbocycles. The van der Waals surface area contributed by atoms with Gasteiger partial charge in [-0.2, -0.15) is 4.68 Å². The standard InChI is InChI=1S/C31H45N5O6.ClH/c1-20(2)17-26(27(37)30-34-36(18-21(3)4)31(40)42-30)33-29(39)24-7-5-6-8-25(24)32-28(38)23-11-9-22(10-12-23)19-35-13-15-41-16-14-35;/h9-12,20-21,24-26H,5-8,13-19H2,1-4H3,(H,32,38)(H,33,39);1H/t24-,25+,26+;/m1./s1. The van der Waals surface area contributed by atoms with Crippen LogP contribution in [0.2, 0.25) is 0 Å². The van der Waals surface area contributed by atoms with Crippen LogP contribution in [0.4, 0.5) is 0 Å². The van der Waals surface area contributed by atoms with Gasteiger partial charge < -0.3 is 19.8 Å². The lowest BCUT2D eigenvalue weighted by molar-refractivity contribution is -0.127. The highest BCUT2D eigenvalue weighted by Crippen LogP contribution is 2.26. The zero-order valence-electron chi connectivity index (χ0n) is 25.7. The molecule has 2 aromatic rings. The van der Waals surface area contributed by atoms with Gasteiger partial charge in [-0.25, -0.2) is 4.79 Å². The number of carbonyl (C=O) groups is 3. The van der Waals surface area contributed by atoms with Gasteiger partial charge >= 0.3 is 5.76 Å². The maximum Gasteiger partial charge on any atom is 0.437 e. The minimum atomic E-state index is -0.889. The number of halogens is 1. The van der Waals surface area contributed by atoms with Gasteiger partial charge in [0, 0.05) is 31.2 Å². The highest BCUT2D eigenvalue weighted by atomic mass is 35.5. The van der Waals surface area contributed by atoms with E-state index in [0.29, 0.717) is 31.4 Å². The maximum absolute atomic E-state index is 13.6. The third kappa shape index (κ3) is 9.74. The second-order valence-corrected chi connectivity index (χ2v) is 12.4. The van der Waals surface area contributed by atoms with Crippen LogP contribution in [0.3, 0.4) is 0 Å². The summed E-state index contributed by atoms with van der Waals surface area (Å²) in [6.07, 6.45) is 3.41. The first-order chi connectivity index (χ1) is 20.1. The van der Waals surface area contributed by atoms with Crippen molar-refractivity contribution in [3.8, 4) is 0 Å². The Balaban J connectivity index is 0.00000506. The van der Waals surface area contributed by atoms with E-state index in [0.717, 1.165) is 55.9 Å². The monoisotopic (exact) mass is 619 g/mol. The Bertz CT molecular complexity index is 1270. The molecule has 43 heavy (non-hydrogen) atoms. The lowest BCUT2D eigenvalue weighted by Gasteiger charge is -2.32. The van der Waals surface area contributed by atoms with E-state index in [4.69, 9.17) is 9.15 Å². The summed E-state index contributed by atoms with van der Waals surface area (Å²) in [5, 5.41) is 10.1. The summed E-state index contributed by atoms with van der Waals surface area (Å²) in [4.78, 5) is 54.6. The molecule has 1 aromatic heterocycles. The number of aromatic nitrogens is 2. The molecule has 11 nitrogen and oxygen atoms in total. The molecule has 0 unspecified atom stereocenters. The van der Waals surface area contributed by atoms with Crippen LogP contribution < -0.4 is 16.4 Å². The number of nitrogens with zero attached hydrogens (tertiary/aromatic N) is 3. The van der Waals surface area contributed by atoms with Crippen LogP contribution in [0.25, 0.3) is 0 Å². The molecule has 0 bridgehead atoms. The molecule has 4 rings (SSSR count). The molecule has 0 spiro atoms. The van der Waals surface area contributed by atoms with Crippen molar-refractivity contribution >= 4 is 30.0 Å². The fourth-order valence-corrected chi connectivity index (χ4v) is 5.65. The largest absolute Gasteiger partial charge is 0.437 e. The summed E-state index contributed by atoms with van der Waals surface area (Å²) in [5.41, 5.74) is 1.68. The predicted molar refractivity (Wildman–Crippen MR) is 164 cm³/mol. The molecule has 1 saturated heterocycles. The van der Waals surface area contributed by atoms with E-state index in [1.165, 1.54) is 0 Å². The van der Waals surface area contributed by atoms with Gasteiger partial charge in [-0.3, -0.25) is 19.3 Å². The van der Waals surface area contributed by atoms with Crippen LogP contribution >= 0.6 is 12.4 Å². The molecular formula is C31H46ClN5O6. The SMILES string of the molecule is CC(C)C[C@H](NC(=O)[C@@H]1CCCC[C@@H]1NC(=O)c1ccc(CN2CCOCC2)cc1)C(=O)c1nn(CC(C)C)c(=O)o1.Cl. The van der Waals surface area contributed by atoms with Crippen LogP contribution in [-0.2, 0) is 22.6 Å². The van der Waals surface area contributed by atoms with Gasteiger partial charge in [0.05, 0.1) is 31.7 Å². The summed E-state index contributed by atoms with van der Waals surface area (Å²) >= 11 is 0. The van der Waals surface area contributed by atoms with Crippen molar-refractivity contribution in [1.29, 1.82) is 0 Å². The summed E-state index contributed by atoms with van der Waals surface area (Å²) in [7, 11) is 0. The Labute approximate surface area is 259 Å². The zero-order valence-corrected chi connectivity index (χ0v) is 26.5. The van der Waals surface area contributed by atoms with Crippen molar-refractivity contribution in [1.82, 2.24) is 25.3 Å². The summed E-state index contributed by atoms with van der Waals surface area (Å²) in [5.74, 6) is -2.25. The number of hydrogen-bond donors (Lipinski definition) is 2. The quantitative estimate of drug-likeness (QED) is 0.345. The number of carbonyl (C=O) groups excluding carboxylic acids is 3. The van der Waals surface area contributed by atoms with Gasteiger partial charge in [0.2, 0.25) is 11.7 Å². The first-order valence-corrected chi connectivity index (χ1v) is 15.2. The fourth-order valence-electron chi connectivity index (χ4n) is 5.65. The number of ether oxygens (including phenoxy) is 1. The van der Waals surface area contributed by atoms with Crippen molar-refractivity contribution in [3.05, 3.63) is 51.8 Å². The van der Waals surface area contributed by atoms with Gasteiger partial charge in [0.1, 0.15) is 0 Å².